The maximum absolute atomic E-state index is 12.6. The summed E-state index contributed by atoms with van der Waals surface area (Å²) < 4.78 is 0. The third-order valence-electron chi connectivity index (χ3n) is 4.27. The second kappa shape index (κ2) is 5.57. The molecule has 1 aliphatic heterocycles. The molecule has 22 heavy (non-hydrogen) atoms. The van der Waals surface area contributed by atoms with E-state index in [0.717, 1.165) is 47.7 Å². The van der Waals surface area contributed by atoms with Crippen molar-refractivity contribution >= 4 is 34.0 Å². The number of hydrogen-bond acceptors (Lipinski definition) is 4. The molecule has 5 heteroatoms. The Balaban J connectivity index is 1.56. The van der Waals surface area contributed by atoms with Gasteiger partial charge in [0, 0.05) is 30.6 Å². The van der Waals surface area contributed by atoms with E-state index in [9.17, 15) is 4.79 Å². The highest BCUT2D eigenvalue weighted by atomic mass is 32.1. The number of fused-ring (bicyclic) bond motifs is 1. The van der Waals surface area contributed by atoms with Gasteiger partial charge in [0.15, 0.2) is 5.78 Å². The first kappa shape index (κ1) is 13.5. The van der Waals surface area contributed by atoms with Crippen LogP contribution in [0.3, 0.4) is 0 Å². The smallest absolute Gasteiger partial charge is 0.177 e. The van der Waals surface area contributed by atoms with Gasteiger partial charge in [-0.05, 0) is 42.5 Å². The van der Waals surface area contributed by atoms with Gasteiger partial charge in [0.05, 0.1) is 4.88 Å². The summed E-state index contributed by atoms with van der Waals surface area (Å²) >= 11 is 1.54. The molecule has 0 radical (unpaired) electrons. The van der Waals surface area contributed by atoms with Crippen molar-refractivity contribution in [3.05, 3.63) is 46.8 Å². The SMILES string of the molecule is O=C(c1cccs1)[C@@H]1CCCN(c2ccc3cc[nH]c3n2)C1. The number of piperidine rings is 1. The van der Waals surface area contributed by atoms with Crippen LogP contribution in [-0.2, 0) is 0 Å². The number of H-pyrrole nitrogens is 1. The van der Waals surface area contributed by atoms with Crippen molar-refractivity contribution in [2.75, 3.05) is 18.0 Å². The number of carbonyl (C=O) groups excluding carboxylic acids is 1. The first-order chi connectivity index (χ1) is 10.8. The lowest BCUT2D eigenvalue weighted by Crippen LogP contribution is -2.39. The van der Waals surface area contributed by atoms with Gasteiger partial charge in [-0.3, -0.25) is 4.79 Å². The number of Topliss-reactive ketones (excluding diaryl/α,β-unsaturated/α-hetero) is 1. The molecule has 1 aliphatic rings. The molecule has 0 aliphatic carbocycles. The zero-order valence-electron chi connectivity index (χ0n) is 12.2. The number of anilines is 1. The van der Waals surface area contributed by atoms with Crippen LogP contribution in [0, 0.1) is 5.92 Å². The molecule has 1 atom stereocenters. The van der Waals surface area contributed by atoms with E-state index in [1.54, 1.807) is 0 Å². The maximum Gasteiger partial charge on any atom is 0.177 e. The molecule has 0 bridgehead atoms. The average molecular weight is 311 g/mol. The summed E-state index contributed by atoms with van der Waals surface area (Å²) in [6.07, 6.45) is 3.91. The summed E-state index contributed by atoms with van der Waals surface area (Å²) in [7, 11) is 0. The largest absolute Gasteiger partial charge is 0.356 e. The molecule has 4 rings (SSSR count). The Bertz CT molecular complexity index is 793. The fourth-order valence-corrected chi connectivity index (χ4v) is 3.86. The number of nitrogens with zero attached hydrogens (tertiary/aromatic N) is 2. The minimum absolute atomic E-state index is 0.0774. The number of hydrogen-bond donors (Lipinski definition) is 1. The molecule has 1 saturated heterocycles. The topological polar surface area (TPSA) is 49.0 Å². The number of ketones is 1. The lowest BCUT2D eigenvalue weighted by molar-refractivity contribution is 0.0911. The van der Waals surface area contributed by atoms with Gasteiger partial charge >= 0.3 is 0 Å². The molecular formula is C17H17N3OS. The van der Waals surface area contributed by atoms with Crippen LogP contribution in [0.4, 0.5) is 5.82 Å². The van der Waals surface area contributed by atoms with Gasteiger partial charge in [-0.1, -0.05) is 6.07 Å². The Morgan fingerprint density at radius 2 is 2.27 bits per heavy atom. The van der Waals surface area contributed by atoms with Gasteiger partial charge in [0.25, 0.3) is 0 Å². The van der Waals surface area contributed by atoms with Crippen LogP contribution in [-0.4, -0.2) is 28.8 Å². The van der Waals surface area contributed by atoms with E-state index in [0.29, 0.717) is 0 Å². The summed E-state index contributed by atoms with van der Waals surface area (Å²) in [5.41, 5.74) is 0.907. The summed E-state index contributed by atoms with van der Waals surface area (Å²) in [4.78, 5) is 23.5. The third-order valence-corrected chi connectivity index (χ3v) is 5.16. The van der Waals surface area contributed by atoms with Crippen LogP contribution in [0.25, 0.3) is 11.0 Å². The number of nitrogens with one attached hydrogen (secondary N) is 1. The van der Waals surface area contributed by atoms with Crippen molar-refractivity contribution in [1.82, 2.24) is 9.97 Å². The molecular weight excluding hydrogens is 294 g/mol. The molecule has 1 N–H and O–H groups in total. The summed E-state index contributed by atoms with van der Waals surface area (Å²) in [6.45, 7) is 1.73. The molecule has 112 valence electrons. The van der Waals surface area contributed by atoms with Crippen LogP contribution >= 0.6 is 11.3 Å². The fourth-order valence-electron chi connectivity index (χ4n) is 3.12. The number of rotatable bonds is 3. The van der Waals surface area contributed by atoms with E-state index in [-0.39, 0.29) is 11.7 Å². The van der Waals surface area contributed by atoms with Gasteiger partial charge in [0.1, 0.15) is 11.5 Å². The zero-order valence-corrected chi connectivity index (χ0v) is 13.0. The lowest BCUT2D eigenvalue weighted by Gasteiger charge is -2.32. The zero-order chi connectivity index (χ0) is 14.9. The maximum atomic E-state index is 12.6. The molecule has 4 nitrogen and oxygen atoms in total. The number of thiophene rings is 1. The quantitative estimate of drug-likeness (QED) is 0.750. The van der Waals surface area contributed by atoms with E-state index in [2.05, 4.69) is 20.9 Å². The summed E-state index contributed by atoms with van der Waals surface area (Å²) in [5, 5.41) is 3.08. The van der Waals surface area contributed by atoms with Gasteiger partial charge in [-0.25, -0.2) is 4.98 Å². The van der Waals surface area contributed by atoms with E-state index >= 15 is 0 Å². The monoisotopic (exact) mass is 311 g/mol. The van der Waals surface area contributed by atoms with Crippen LogP contribution in [0.5, 0.6) is 0 Å². The highest BCUT2D eigenvalue weighted by molar-refractivity contribution is 7.12. The minimum Gasteiger partial charge on any atom is -0.356 e. The second-order valence-corrected chi connectivity index (χ2v) is 6.66. The van der Waals surface area contributed by atoms with Crippen LogP contribution < -0.4 is 4.90 Å². The van der Waals surface area contributed by atoms with Crippen molar-refractivity contribution in [3.63, 3.8) is 0 Å². The molecule has 0 aromatic carbocycles. The number of pyridine rings is 1. The Kier molecular flexibility index (Phi) is 3.42. The molecule has 0 saturated carbocycles. The van der Waals surface area contributed by atoms with E-state index in [1.807, 2.05) is 35.8 Å². The van der Waals surface area contributed by atoms with Crippen LogP contribution in [0.15, 0.2) is 41.9 Å². The highest BCUT2D eigenvalue weighted by Crippen LogP contribution is 2.26. The van der Waals surface area contributed by atoms with Gasteiger partial charge in [-0.2, -0.15) is 0 Å². The first-order valence-corrected chi connectivity index (χ1v) is 8.46. The van der Waals surface area contributed by atoms with Gasteiger partial charge in [0.2, 0.25) is 0 Å². The standard InChI is InChI=1S/C17H17N3OS/c21-16(14-4-2-10-22-14)13-3-1-9-20(11-13)15-6-5-12-7-8-18-17(12)19-15/h2,4-8,10,13H,1,3,9,11H2,(H,18,19)/t13-/m1/s1. The van der Waals surface area contributed by atoms with E-state index in [1.165, 1.54) is 11.3 Å². The van der Waals surface area contributed by atoms with E-state index in [4.69, 9.17) is 0 Å². The number of carbonyl (C=O) groups is 1. The average Bonchev–Trinajstić information content (AvgIpc) is 3.25. The Morgan fingerprint density at radius 1 is 1.32 bits per heavy atom. The molecule has 0 unspecified atom stereocenters. The van der Waals surface area contributed by atoms with Crippen molar-refractivity contribution in [3.8, 4) is 0 Å². The second-order valence-electron chi connectivity index (χ2n) is 5.71. The minimum atomic E-state index is 0.0774. The fraction of sp³-hybridized carbons (Fsp3) is 0.294. The predicted octanol–water partition coefficient (Wildman–Crippen LogP) is 3.72. The molecule has 1 fully saturated rings. The Morgan fingerprint density at radius 3 is 3.14 bits per heavy atom. The number of aromatic amines is 1. The van der Waals surface area contributed by atoms with Gasteiger partial charge < -0.3 is 9.88 Å². The lowest BCUT2D eigenvalue weighted by atomic mass is 9.93. The van der Waals surface area contributed by atoms with Crippen molar-refractivity contribution in [2.45, 2.75) is 12.8 Å². The summed E-state index contributed by atoms with van der Waals surface area (Å²) in [5.74, 6) is 1.31. The molecule has 4 heterocycles. The van der Waals surface area contributed by atoms with Crippen LogP contribution in [0.2, 0.25) is 0 Å². The Labute approximate surface area is 132 Å². The van der Waals surface area contributed by atoms with Crippen molar-refractivity contribution in [1.29, 1.82) is 0 Å². The Hall–Kier alpha value is -2.14. The van der Waals surface area contributed by atoms with Crippen LogP contribution in [0.1, 0.15) is 22.5 Å². The first-order valence-electron chi connectivity index (χ1n) is 7.58. The molecule has 3 aromatic heterocycles. The third kappa shape index (κ3) is 2.41. The molecule has 0 amide bonds. The van der Waals surface area contributed by atoms with E-state index < -0.39 is 0 Å². The summed E-state index contributed by atoms with van der Waals surface area (Å²) in [6, 6.07) is 10.0. The highest BCUT2D eigenvalue weighted by Gasteiger charge is 2.27. The van der Waals surface area contributed by atoms with Gasteiger partial charge in [-0.15, -0.1) is 11.3 Å². The van der Waals surface area contributed by atoms with Crippen molar-refractivity contribution < 1.29 is 4.79 Å². The normalized spacial score (nSPS) is 18.7. The molecule has 0 spiro atoms. The number of aromatic nitrogens is 2. The van der Waals surface area contributed by atoms with Crippen molar-refractivity contribution in [2.24, 2.45) is 5.92 Å². The molecule has 3 aromatic rings. The predicted molar refractivity (Wildman–Crippen MR) is 89.7 cm³/mol.